The Kier molecular flexibility index (Phi) is 6.69. The van der Waals surface area contributed by atoms with Crippen LogP contribution in [0.4, 0.5) is 13.2 Å². The third-order valence-electron chi connectivity index (χ3n) is 5.55. The molecule has 4 heteroatoms. The quantitative estimate of drug-likeness (QED) is 0.269. The highest BCUT2D eigenvalue weighted by atomic mass is 19.1. The molecule has 160 valence electrons. The average Bonchev–Trinajstić information content (AvgIpc) is 2.99. The van der Waals surface area contributed by atoms with Gasteiger partial charge in [0.15, 0.2) is 0 Å². The third kappa shape index (κ3) is 4.43. The maximum absolute atomic E-state index is 14.5. The lowest BCUT2D eigenvalue weighted by molar-refractivity contribution is 0.599. The van der Waals surface area contributed by atoms with E-state index in [2.05, 4.69) is 13.2 Å². The lowest BCUT2D eigenvalue weighted by Crippen LogP contribution is -2.04. The number of fused-ring (bicyclic) bond motifs is 1. The van der Waals surface area contributed by atoms with Gasteiger partial charge in [-0.15, -0.1) is 6.58 Å². The molecule has 0 saturated heterocycles. The van der Waals surface area contributed by atoms with E-state index in [0.29, 0.717) is 28.6 Å². The molecule has 0 bridgehead atoms. The van der Waals surface area contributed by atoms with E-state index in [-0.39, 0.29) is 18.2 Å². The molecule has 0 saturated carbocycles. The van der Waals surface area contributed by atoms with Crippen molar-refractivity contribution < 1.29 is 13.2 Å². The summed E-state index contributed by atoms with van der Waals surface area (Å²) in [5.74, 6) is -1.13. The lowest BCUT2D eigenvalue weighted by atomic mass is 9.95. The highest BCUT2D eigenvalue weighted by Crippen LogP contribution is 2.37. The molecule has 0 fully saturated rings. The van der Waals surface area contributed by atoms with Gasteiger partial charge in [0.25, 0.3) is 0 Å². The molecule has 1 nitrogen and oxygen atoms in total. The predicted molar refractivity (Wildman–Crippen MR) is 124 cm³/mol. The van der Waals surface area contributed by atoms with Crippen molar-refractivity contribution in [2.75, 3.05) is 0 Å². The summed E-state index contributed by atoms with van der Waals surface area (Å²) >= 11 is 0. The molecule has 1 aromatic heterocycles. The summed E-state index contributed by atoms with van der Waals surface area (Å²) in [5, 5.41) is 0.791. The number of hydrogen-bond donors (Lipinski definition) is 0. The van der Waals surface area contributed by atoms with Crippen LogP contribution < -0.4 is 0 Å². The van der Waals surface area contributed by atoms with Gasteiger partial charge in [-0.05, 0) is 68.7 Å². The summed E-state index contributed by atoms with van der Waals surface area (Å²) in [5.41, 5.74) is 4.83. The van der Waals surface area contributed by atoms with Gasteiger partial charge >= 0.3 is 0 Å². The van der Waals surface area contributed by atoms with Crippen LogP contribution in [0.1, 0.15) is 35.7 Å². The van der Waals surface area contributed by atoms with Crippen LogP contribution in [-0.4, -0.2) is 4.57 Å². The van der Waals surface area contributed by atoms with Crippen molar-refractivity contribution in [2.24, 2.45) is 0 Å². The first-order valence-corrected chi connectivity index (χ1v) is 10.1. The molecule has 0 amide bonds. The zero-order valence-corrected chi connectivity index (χ0v) is 18.1. The Morgan fingerprint density at radius 2 is 1.77 bits per heavy atom. The van der Waals surface area contributed by atoms with E-state index >= 15 is 0 Å². The zero-order valence-electron chi connectivity index (χ0n) is 18.1. The van der Waals surface area contributed by atoms with Crippen LogP contribution in [0.15, 0.2) is 79.2 Å². The fraction of sp³-hybridized carbons (Fsp3) is 0.185. The molecule has 0 radical (unpaired) electrons. The molecule has 0 aliphatic heterocycles. The molecule has 0 aliphatic rings. The first kappa shape index (κ1) is 22.4. The lowest BCUT2D eigenvalue weighted by Gasteiger charge is -2.12. The molecule has 0 unspecified atom stereocenters. The Balaban J connectivity index is 2.38. The Morgan fingerprint density at radius 3 is 2.42 bits per heavy atom. The standard InChI is InChI=1S/C27H26F3N/c1-6-10-17(3)22(14-21(28)7-2)27-19(5)31(16-20-11-8-9-12-24(20)29)26-15-25(30)18(4)13-23(26)27/h6-9,11-15H,1-2,10,16H2,3-5H3/b21-14+,22-17-. The van der Waals surface area contributed by atoms with Gasteiger partial charge < -0.3 is 4.57 Å². The minimum Gasteiger partial charge on any atom is -0.340 e. The number of rotatable bonds is 7. The fourth-order valence-corrected chi connectivity index (χ4v) is 3.88. The van der Waals surface area contributed by atoms with Crippen molar-refractivity contribution >= 4 is 16.5 Å². The number of nitrogens with zero attached hydrogens (tertiary/aromatic N) is 1. The normalized spacial score (nSPS) is 12.8. The molecular weight excluding hydrogens is 395 g/mol. The van der Waals surface area contributed by atoms with Crippen LogP contribution in [0.3, 0.4) is 0 Å². The third-order valence-corrected chi connectivity index (χ3v) is 5.55. The molecule has 0 N–H and O–H groups in total. The first-order chi connectivity index (χ1) is 14.8. The maximum Gasteiger partial charge on any atom is 0.128 e. The molecule has 0 aliphatic carbocycles. The highest BCUT2D eigenvalue weighted by molar-refractivity contribution is 5.98. The predicted octanol–water partition coefficient (Wildman–Crippen LogP) is 7.97. The second-order valence-corrected chi connectivity index (χ2v) is 7.68. The summed E-state index contributed by atoms with van der Waals surface area (Å²) < 4.78 is 45.1. The summed E-state index contributed by atoms with van der Waals surface area (Å²) in [4.78, 5) is 0. The second kappa shape index (κ2) is 9.25. The van der Waals surface area contributed by atoms with E-state index in [9.17, 15) is 13.2 Å². The fourth-order valence-electron chi connectivity index (χ4n) is 3.88. The van der Waals surface area contributed by atoms with E-state index in [4.69, 9.17) is 0 Å². The molecule has 0 atom stereocenters. The second-order valence-electron chi connectivity index (χ2n) is 7.68. The van der Waals surface area contributed by atoms with Gasteiger partial charge in [-0.3, -0.25) is 0 Å². The van der Waals surface area contributed by atoms with Gasteiger partial charge in [0.1, 0.15) is 17.5 Å². The molecular formula is C27H26F3N. The Bertz CT molecular complexity index is 1220. The molecule has 2 aromatic carbocycles. The van der Waals surface area contributed by atoms with Crippen molar-refractivity contribution in [2.45, 2.75) is 33.7 Å². The van der Waals surface area contributed by atoms with Gasteiger partial charge in [0.2, 0.25) is 0 Å². The number of halogens is 3. The minimum absolute atomic E-state index is 0.235. The van der Waals surface area contributed by atoms with Crippen molar-refractivity contribution in [3.8, 4) is 0 Å². The van der Waals surface area contributed by atoms with Crippen molar-refractivity contribution in [1.82, 2.24) is 4.57 Å². The average molecular weight is 422 g/mol. The van der Waals surface area contributed by atoms with Crippen molar-refractivity contribution in [3.05, 3.63) is 113 Å². The van der Waals surface area contributed by atoms with Gasteiger partial charge in [0, 0.05) is 22.2 Å². The van der Waals surface area contributed by atoms with E-state index in [1.54, 1.807) is 37.3 Å². The topological polar surface area (TPSA) is 4.93 Å². The zero-order chi connectivity index (χ0) is 22.7. The SMILES string of the molecule is C=CC/C(C)=C(/C=C(/F)C=C)c1c(C)n(Cc2ccccc2F)c2cc(F)c(C)cc12. The highest BCUT2D eigenvalue weighted by Gasteiger charge is 2.20. The summed E-state index contributed by atoms with van der Waals surface area (Å²) in [6.45, 7) is 13.0. The van der Waals surface area contributed by atoms with Gasteiger partial charge in [-0.1, -0.05) is 36.4 Å². The van der Waals surface area contributed by atoms with Crippen molar-refractivity contribution in [1.29, 1.82) is 0 Å². The van der Waals surface area contributed by atoms with Crippen molar-refractivity contribution in [3.63, 3.8) is 0 Å². The van der Waals surface area contributed by atoms with E-state index in [1.165, 1.54) is 18.2 Å². The molecule has 1 heterocycles. The van der Waals surface area contributed by atoms with Crippen LogP contribution in [0.5, 0.6) is 0 Å². The van der Waals surface area contributed by atoms with Crippen LogP contribution in [0.25, 0.3) is 16.5 Å². The van der Waals surface area contributed by atoms with Gasteiger partial charge in [-0.2, -0.15) is 0 Å². The van der Waals surface area contributed by atoms with E-state index in [0.717, 1.165) is 28.3 Å². The maximum atomic E-state index is 14.5. The monoisotopic (exact) mass is 421 g/mol. The number of aromatic nitrogens is 1. The van der Waals surface area contributed by atoms with Crippen LogP contribution in [0.2, 0.25) is 0 Å². The smallest absolute Gasteiger partial charge is 0.128 e. The summed E-state index contributed by atoms with van der Waals surface area (Å²) in [6.07, 6.45) is 4.92. The largest absolute Gasteiger partial charge is 0.340 e. The van der Waals surface area contributed by atoms with E-state index < -0.39 is 5.83 Å². The molecule has 0 spiro atoms. The molecule has 31 heavy (non-hydrogen) atoms. The van der Waals surface area contributed by atoms with Crippen LogP contribution in [0, 0.1) is 25.5 Å². The molecule has 3 rings (SSSR count). The number of aryl methyl sites for hydroxylation is 1. The van der Waals surface area contributed by atoms with E-state index in [1.807, 2.05) is 18.4 Å². The minimum atomic E-state index is -0.466. The van der Waals surface area contributed by atoms with Crippen LogP contribution >= 0.6 is 0 Å². The number of benzene rings is 2. The Hall–Kier alpha value is -3.27. The number of hydrogen-bond acceptors (Lipinski definition) is 0. The Labute approximate surface area is 181 Å². The Morgan fingerprint density at radius 1 is 1.06 bits per heavy atom. The number of allylic oxidation sites excluding steroid dienone is 6. The molecule has 3 aromatic rings. The van der Waals surface area contributed by atoms with Crippen LogP contribution in [-0.2, 0) is 6.54 Å². The van der Waals surface area contributed by atoms with Gasteiger partial charge in [0.05, 0.1) is 12.1 Å². The summed E-state index contributed by atoms with van der Waals surface area (Å²) in [6, 6.07) is 9.76. The first-order valence-electron chi connectivity index (χ1n) is 10.1. The van der Waals surface area contributed by atoms with Gasteiger partial charge in [-0.25, -0.2) is 13.2 Å². The summed E-state index contributed by atoms with van der Waals surface area (Å²) in [7, 11) is 0.